The number of nitrogens with zero attached hydrogens (tertiary/aromatic N) is 1. The maximum atomic E-state index is 12.5. The van der Waals surface area contributed by atoms with Crippen LogP contribution in [0, 0.1) is 11.8 Å². The molecule has 5 heteroatoms. The van der Waals surface area contributed by atoms with Crippen molar-refractivity contribution in [1.29, 1.82) is 0 Å². The highest BCUT2D eigenvalue weighted by atomic mass is 79.9. The molecule has 2 atom stereocenters. The molecule has 1 fully saturated rings. The van der Waals surface area contributed by atoms with Crippen molar-refractivity contribution in [2.75, 3.05) is 13.1 Å². The van der Waals surface area contributed by atoms with Crippen LogP contribution in [0.15, 0.2) is 33.6 Å². The van der Waals surface area contributed by atoms with E-state index in [1.807, 2.05) is 6.07 Å². The Morgan fingerprint density at radius 1 is 1.22 bits per heavy atom. The second-order valence-electron chi connectivity index (χ2n) is 5.23. The van der Waals surface area contributed by atoms with Gasteiger partial charge in [-0.15, -0.1) is 0 Å². The SMILES string of the molecule is CC1CC(C)CN(S(=O)(=O)c2cccc(Br)c2)C1. The van der Waals surface area contributed by atoms with Crippen molar-refractivity contribution in [2.45, 2.75) is 25.2 Å². The zero-order valence-corrected chi connectivity index (χ0v) is 13.0. The lowest BCUT2D eigenvalue weighted by molar-refractivity contribution is 0.222. The number of sulfonamides is 1. The first-order valence-corrected chi connectivity index (χ1v) is 8.38. The van der Waals surface area contributed by atoms with E-state index in [1.165, 1.54) is 0 Å². The molecule has 1 aromatic carbocycles. The molecule has 3 nitrogen and oxygen atoms in total. The van der Waals surface area contributed by atoms with Gasteiger partial charge in [-0.25, -0.2) is 8.42 Å². The number of hydrogen-bond acceptors (Lipinski definition) is 2. The van der Waals surface area contributed by atoms with Crippen LogP contribution >= 0.6 is 15.9 Å². The molecule has 0 aromatic heterocycles. The van der Waals surface area contributed by atoms with Crippen LogP contribution in [0.3, 0.4) is 0 Å². The lowest BCUT2D eigenvalue weighted by atomic mass is 9.94. The van der Waals surface area contributed by atoms with Gasteiger partial charge in [0.1, 0.15) is 0 Å². The van der Waals surface area contributed by atoms with E-state index in [0.717, 1.165) is 10.9 Å². The van der Waals surface area contributed by atoms with Crippen molar-refractivity contribution in [2.24, 2.45) is 11.8 Å². The normalized spacial score (nSPS) is 26.2. The van der Waals surface area contributed by atoms with Crippen LogP contribution in [-0.4, -0.2) is 25.8 Å². The molecule has 0 N–H and O–H groups in total. The summed E-state index contributed by atoms with van der Waals surface area (Å²) in [5.41, 5.74) is 0. The Balaban J connectivity index is 2.31. The van der Waals surface area contributed by atoms with Crippen LogP contribution in [0.25, 0.3) is 0 Å². The smallest absolute Gasteiger partial charge is 0.207 e. The summed E-state index contributed by atoms with van der Waals surface area (Å²) in [6, 6.07) is 6.91. The number of halogens is 1. The van der Waals surface area contributed by atoms with Crippen molar-refractivity contribution in [3.8, 4) is 0 Å². The average Bonchev–Trinajstić information content (AvgIpc) is 2.27. The molecule has 100 valence electrons. The molecule has 1 aromatic rings. The third kappa shape index (κ3) is 2.95. The third-order valence-electron chi connectivity index (χ3n) is 3.27. The fourth-order valence-electron chi connectivity index (χ4n) is 2.58. The number of rotatable bonds is 2. The van der Waals surface area contributed by atoms with E-state index in [2.05, 4.69) is 29.8 Å². The van der Waals surface area contributed by atoms with Crippen molar-refractivity contribution < 1.29 is 8.42 Å². The van der Waals surface area contributed by atoms with Crippen molar-refractivity contribution >= 4 is 26.0 Å². The predicted octanol–water partition coefficient (Wildman–Crippen LogP) is 3.12. The minimum atomic E-state index is -3.35. The molecule has 1 heterocycles. The van der Waals surface area contributed by atoms with Crippen molar-refractivity contribution in [3.05, 3.63) is 28.7 Å². The van der Waals surface area contributed by atoms with Crippen molar-refractivity contribution in [3.63, 3.8) is 0 Å². The van der Waals surface area contributed by atoms with Gasteiger partial charge in [-0.05, 0) is 36.5 Å². The highest BCUT2D eigenvalue weighted by Crippen LogP contribution is 2.27. The van der Waals surface area contributed by atoms with E-state index in [9.17, 15) is 8.42 Å². The maximum absolute atomic E-state index is 12.5. The van der Waals surface area contributed by atoms with Crippen LogP contribution in [-0.2, 0) is 10.0 Å². The molecule has 2 unspecified atom stereocenters. The number of hydrogen-bond donors (Lipinski definition) is 0. The molecule has 2 rings (SSSR count). The summed E-state index contributed by atoms with van der Waals surface area (Å²) in [5.74, 6) is 0.853. The van der Waals surface area contributed by atoms with E-state index < -0.39 is 10.0 Å². The van der Waals surface area contributed by atoms with Gasteiger partial charge in [0.05, 0.1) is 4.90 Å². The van der Waals surface area contributed by atoms with Gasteiger partial charge in [-0.1, -0.05) is 35.8 Å². The number of piperidine rings is 1. The monoisotopic (exact) mass is 331 g/mol. The molecule has 0 aliphatic carbocycles. The molecule has 1 aliphatic heterocycles. The first-order chi connectivity index (χ1) is 8.39. The van der Waals surface area contributed by atoms with E-state index in [1.54, 1.807) is 22.5 Å². The van der Waals surface area contributed by atoms with Gasteiger partial charge in [-0.3, -0.25) is 0 Å². The first kappa shape index (κ1) is 14.0. The third-order valence-corrected chi connectivity index (χ3v) is 5.59. The van der Waals surface area contributed by atoms with Gasteiger partial charge in [0.15, 0.2) is 0 Å². The zero-order valence-electron chi connectivity index (χ0n) is 10.6. The first-order valence-electron chi connectivity index (χ1n) is 6.15. The summed E-state index contributed by atoms with van der Waals surface area (Å²) in [4.78, 5) is 0.373. The van der Waals surface area contributed by atoms with Crippen LogP contribution in [0.5, 0.6) is 0 Å². The van der Waals surface area contributed by atoms with Gasteiger partial charge < -0.3 is 0 Å². The highest BCUT2D eigenvalue weighted by Gasteiger charge is 2.31. The summed E-state index contributed by atoms with van der Waals surface area (Å²) >= 11 is 3.32. The minimum Gasteiger partial charge on any atom is -0.207 e. The Bertz CT molecular complexity index is 520. The molecular formula is C13H18BrNO2S. The Labute approximate surface area is 117 Å². The summed E-state index contributed by atoms with van der Waals surface area (Å²) in [6.45, 7) is 5.47. The molecule has 0 radical (unpaired) electrons. The standard InChI is InChI=1S/C13H18BrNO2S/c1-10-6-11(2)9-15(8-10)18(16,17)13-5-3-4-12(14)7-13/h3-5,7,10-11H,6,8-9H2,1-2H3. The summed E-state index contributed by atoms with van der Waals surface area (Å²) in [5, 5.41) is 0. The zero-order chi connectivity index (χ0) is 13.3. The average molecular weight is 332 g/mol. The van der Waals surface area contributed by atoms with Gasteiger partial charge in [0.25, 0.3) is 0 Å². The molecule has 1 saturated heterocycles. The van der Waals surface area contributed by atoms with E-state index >= 15 is 0 Å². The van der Waals surface area contributed by atoms with Crippen molar-refractivity contribution in [1.82, 2.24) is 4.31 Å². The Kier molecular flexibility index (Phi) is 4.14. The van der Waals surface area contributed by atoms with Crippen LogP contribution in [0.2, 0.25) is 0 Å². The lowest BCUT2D eigenvalue weighted by Gasteiger charge is -2.34. The van der Waals surface area contributed by atoms with Crippen LogP contribution in [0.1, 0.15) is 20.3 Å². The Hall–Kier alpha value is -0.390. The largest absolute Gasteiger partial charge is 0.243 e. The van der Waals surface area contributed by atoms with E-state index in [-0.39, 0.29) is 0 Å². The topological polar surface area (TPSA) is 37.4 Å². The Morgan fingerprint density at radius 3 is 2.39 bits per heavy atom. The summed E-state index contributed by atoms with van der Waals surface area (Å²) < 4.78 is 27.5. The second kappa shape index (κ2) is 5.31. The Morgan fingerprint density at radius 2 is 1.83 bits per heavy atom. The van der Waals surface area contributed by atoms with Gasteiger partial charge in [0, 0.05) is 17.6 Å². The fraction of sp³-hybridized carbons (Fsp3) is 0.538. The van der Waals surface area contributed by atoms with Crippen LogP contribution < -0.4 is 0 Å². The lowest BCUT2D eigenvalue weighted by Crippen LogP contribution is -2.42. The van der Waals surface area contributed by atoms with Gasteiger partial charge in [-0.2, -0.15) is 4.31 Å². The van der Waals surface area contributed by atoms with Crippen LogP contribution in [0.4, 0.5) is 0 Å². The quantitative estimate of drug-likeness (QED) is 0.834. The molecule has 1 aliphatic rings. The highest BCUT2D eigenvalue weighted by molar-refractivity contribution is 9.10. The van der Waals surface area contributed by atoms with E-state index in [0.29, 0.717) is 29.8 Å². The molecule has 18 heavy (non-hydrogen) atoms. The van der Waals surface area contributed by atoms with Gasteiger partial charge >= 0.3 is 0 Å². The summed E-state index contributed by atoms with van der Waals surface area (Å²) in [7, 11) is -3.35. The summed E-state index contributed by atoms with van der Waals surface area (Å²) in [6.07, 6.45) is 1.10. The molecule has 0 bridgehead atoms. The second-order valence-corrected chi connectivity index (χ2v) is 8.08. The number of benzene rings is 1. The molecule has 0 saturated carbocycles. The van der Waals surface area contributed by atoms with Gasteiger partial charge in [0.2, 0.25) is 10.0 Å². The molecule has 0 spiro atoms. The fourth-order valence-corrected chi connectivity index (χ4v) is 4.86. The van der Waals surface area contributed by atoms with E-state index in [4.69, 9.17) is 0 Å². The maximum Gasteiger partial charge on any atom is 0.243 e. The molecular weight excluding hydrogens is 314 g/mol. The predicted molar refractivity (Wildman–Crippen MR) is 75.8 cm³/mol. The molecule has 0 amide bonds. The minimum absolute atomic E-state index is 0.373.